The second-order valence-corrected chi connectivity index (χ2v) is 6.59. The molecule has 0 aromatic heterocycles. The van der Waals surface area contributed by atoms with Gasteiger partial charge in [0.25, 0.3) is 0 Å². The number of amides is 2. The molecule has 2 aromatic rings. The number of fused-ring (bicyclic) bond motifs is 1. The Hall–Kier alpha value is -2.52. The van der Waals surface area contributed by atoms with Gasteiger partial charge in [0.2, 0.25) is 0 Å². The van der Waals surface area contributed by atoms with E-state index in [0.717, 1.165) is 23.3 Å². The highest BCUT2D eigenvalue weighted by Crippen LogP contribution is 2.37. The van der Waals surface area contributed by atoms with Crippen LogP contribution in [0.5, 0.6) is 0 Å². The van der Waals surface area contributed by atoms with Crippen LogP contribution < -0.4 is 10.6 Å². The van der Waals surface area contributed by atoms with Gasteiger partial charge in [0.15, 0.2) is 0 Å². The molecule has 1 unspecified atom stereocenters. The Morgan fingerprint density at radius 2 is 2.17 bits per heavy atom. The van der Waals surface area contributed by atoms with Crippen LogP contribution in [-0.2, 0) is 6.54 Å². The van der Waals surface area contributed by atoms with Crippen LogP contribution in [0.25, 0.3) is 0 Å². The molecule has 0 saturated carbocycles. The molecule has 0 saturated heterocycles. The van der Waals surface area contributed by atoms with Crippen molar-refractivity contribution in [3.05, 3.63) is 65.0 Å². The summed E-state index contributed by atoms with van der Waals surface area (Å²) in [6, 6.07) is 13.6. The number of nitrogens with one attached hydrogen (secondary N) is 2. The number of urea groups is 1. The zero-order valence-corrected chi connectivity index (χ0v) is 13.7. The highest BCUT2D eigenvalue weighted by molar-refractivity contribution is 7.99. The minimum Gasteiger partial charge on any atom is -0.334 e. The lowest BCUT2D eigenvalue weighted by Gasteiger charge is -2.26. The standard InChI is InChI=1S/C18H16FN3OS/c19-15-6-2-5-14-16(7-8-24-17(14)15)22-18(23)21-11-13-4-1-3-12(9-13)10-20/h1-6,9,16H,7-8,11H2,(H2,21,22,23). The first-order valence-corrected chi connectivity index (χ1v) is 8.60. The fourth-order valence-electron chi connectivity index (χ4n) is 2.68. The maximum Gasteiger partial charge on any atom is 0.315 e. The Labute approximate surface area is 144 Å². The van der Waals surface area contributed by atoms with E-state index in [4.69, 9.17) is 5.26 Å². The highest BCUT2D eigenvalue weighted by atomic mass is 32.2. The number of rotatable bonds is 3. The molecule has 3 rings (SSSR count). The van der Waals surface area contributed by atoms with Crippen molar-refractivity contribution in [2.24, 2.45) is 0 Å². The molecule has 4 nitrogen and oxygen atoms in total. The molecule has 122 valence electrons. The van der Waals surface area contributed by atoms with Crippen LogP contribution in [0, 0.1) is 17.1 Å². The third-order valence-electron chi connectivity index (χ3n) is 3.84. The summed E-state index contributed by atoms with van der Waals surface area (Å²) in [7, 11) is 0. The number of carbonyl (C=O) groups is 1. The summed E-state index contributed by atoms with van der Waals surface area (Å²) in [6.45, 7) is 0.332. The number of nitriles is 1. The Kier molecular flexibility index (Phi) is 5.02. The van der Waals surface area contributed by atoms with Crippen molar-refractivity contribution < 1.29 is 9.18 Å². The monoisotopic (exact) mass is 341 g/mol. The summed E-state index contributed by atoms with van der Waals surface area (Å²) in [4.78, 5) is 12.8. The van der Waals surface area contributed by atoms with Crippen molar-refractivity contribution in [1.82, 2.24) is 10.6 Å². The number of benzene rings is 2. The molecule has 0 fully saturated rings. The maximum absolute atomic E-state index is 13.8. The van der Waals surface area contributed by atoms with E-state index in [9.17, 15) is 9.18 Å². The molecule has 0 spiro atoms. The number of hydrogen-bond acceptors (Lipinski definition) is 3. The van der Waals surface area contributed by atoms with Crippen molar-refractivity contribution in [1.29, 1.82) is 5.26 Å². The Balaban J connectivity index is 1.62. The predicted molar refractivity (Wildman–Crippen MR) is 91.0 cm³/mol. The number of halogens is 1. The summed E-state index contributed by atoms with van der Waals surface area (Å²) in [5, 5.41) is 14.6. The average molecular weight is 341 g/mol. The molecule has 0 aliphatic carbocycles. The van der Waals surface area contributed by atoms with Crippen LogP contribution in [0.1, 0.15) is 29.2 Å². The van der Waals surface area contributed by atoms with E-state index in [2.05, 4.69) is 16.7 Å². The molecule has 1 aliphatic heterocycles. The summed E-state index contributed by atoms with van der Waals surface area (Å²) in [6.07, 6.45) is 0.762. The van der Waals surface area contributed by atoms with Crippen molar-refractivity contribution in [2.75, 3.05) is 5.75 Å². The van der Waals surface area contributed by atoms with Crippen LogP contribution in [0.4, 0.5) is 9.18 Å². The quantitative estimate of drug-likeness (QED) is 0.894. The maximum atomic E-state index is 13.8. The summed E-state index contributed by atoms with van der Waals surface area (Å²) in [5.41, 5.74) is 2.24. The first-order chi connectivity index (χ1) is 11.7. The van der Waals surface area contributed by atoms with Crippen LogP contribution in [0.3, 0.4) is 0 Å². The van der Waals surface area contributed by atoms with Gasteiger partial charge in [-0.15, -0.1) is 11.8 Å². The number of hydrogen-bond donors (Lipinski definition) is 2. The smallest absolute Gasteiger partial charge is 0.315 e. The van der Waals surface area contributed by atoms with Gasteiger partial charge in [-0.2, -0.15) is 5.26 Å². The van der Waals surface area contributed by atoms with Gasteiger partial charge in [0.1, 0.15) is 5.82 Å². The highest BCUT2D eigenvalue weighted by Gasteiger charge is 2.24. The lowest BCUT2D eigenvalue weighted by molar-refractivity contribution is 0.236. The van der Waals surface area contributed by atoms with Gasteiger partial charge >= 0.3 is 6.03 Å². The van der Waals surface area contributed by atoms with Crippen molar-refractivity contribution in [3.63, 3.8) is 0 Å². The lowest BCUT2D eigenvalue weighted by Crippen LogP contribution is -2.38. The fourth-order valence-corrected chi connectivity index (χ4v) is 3.82. The molecule has 2 aromatic carbocycles. The van der Waals surface area contributed by atoms with Crippen molar-refractivity contribution >= 4 is 17.8 Å². The summed E-state index contributed by atoms with van der Waals surface area (Å²) in [5.74, 6) is 0.529. The molecule has 2 amide bonds. The van der Waals surface area contributed by atoms with Gasteiger partial charge in [0.05, 0.1) is 17.7 Å². The van der Waals surface area contributed by atoms with Crippen molar-refractivity contribution in [2.45, 2.75) is 23.9 Å². The van der Waals surface area contributed by atoms with Gasteiger partial charge in [0, 0.05) is 17.2 Å². The number of thioether (sulfide) groups is 1. The van der Waals surface area contributed by atoms with E-state index in [0.29, 0.717) is 17.0 Å². The van der Waals surface area contributed by atoms with Gasteiger partial charge < -0.3 is 10.6 Å². The zero-order valence-electron chi connectivity index (χ0n) is 12.9. The number of carbonyl (C=O) groups excluding carboxylic acids is 1. The topological polar surface area (TPSA) is 64.9 Å². The molecular formula is C18H16FN3OS. The molecule has 1 atom stereocenters. The minimum atomic E-state index is -0.301. The third kappa shape index (κ3) is 3.69. The number of nitrogens with zero attached hydrogens (tertiary/aromatic N) is 1. The normalized spacial score (nSPS) is 15.9. The second kappa shape index (κ2) is 7.37. The van der Waals surface area contributed by atoms with Gasteiger partial charge in [-0.3, -0.25) is 0 Å². The molecule has 1 aliphatic rings. The molecule has 6 heteroatoms. The molecular weight excluding hydrogens is 325 g/mol. The van der Waals surface area contributed by atoms with E-state index in [1.807, 2.05) is 12.1 Å². The van der Waals surface area contributed by atoms with Crippen molar-refractivity contribution in [3.8, 4) is 6.07 Å². The zero-order chi connectivity index (χ0) is 16.9. The van der Waals surface area contributed by atoms with Crippen LogP contribution in [0.2, 0.25) is 0 Å². The predicted octanol–water partition coefficient (Wildman–Crippen LogP) is 3.73. The van der Waals surface area contributed by atoms with E-state index >= 15 is 0 Å². The van der Waals surface area contributed by atoms with Crippen LogP contribution >= 0.6 is 11.8 Å². The molecule has 0 radical (unpaired) electrons. The SMILES string of the molecule is N#Cc1cccc(CNC(=O)NC2CCSc3c(F)cccc32)c1. The van der Waals surface area contributed by atoms with E-state index < -0.39 is 0 Å². The molecule has 24 heavy (non-hydrogen) atoms. The first kappa shape index (κ1) is 16.3. The Morgan fingerprint density at radius 3 is 3.00 bits per heavy atom. The summed E-state index contributed by atoms with van der Waals surface area (Å²) >= 11 is 1.48. The van der Waals surface area contributed by atoms with Gasteiger partial charge in [-0.1, -0.05) is 24.3 Å². The molecule has 0 bridgehead atoms. The van der Waals surface area contributed by atoms with Crippen LogP contribution in [-0.4, -0.2) is 11.8 Å². The second-order valence-electron chi connectivity index (χ2n) is 5.49. The van der Waals surface area contributed by atoms with E-state index in [1.54, 1.807) is 24.3 Å². The summed E-state index contributed by atoms with van der Waals surface area (Å²) < 4.78 is 13.8. The van der Waals surface area contributed by atoms with Gasteiger partial charge in [-0.25, -0.2) is 9.18 Å². The van der Waals surface area contributed by atoms with Gasteiger partial charge in [-0.05, 0) is 35.7 Å². The first-order valence-electron chi connectivity index (χ1n) is 7.62. The minimum absolute atomic E-state index is 0.192. The Morgan fingerprint density at radius 1 is 1.33 bits per heavy atom. The largest absolute Gasteiger partial charge is 0.334 e. The molecule has 2 N–H and O–H groups in total. The van der Waals surface area contributed by atoms with E-state index in [1.165, 1.54) is 17.8 Å². The third-order valence-corrected chi connectivity index (χ3v) is 5.00. The van der Waals surface area contributed by atoms with Crippen LogP contribution in [0.15, 0.2) is 47.4 Å². The molecule has 1 heterocycles. The fraction of sp³-hybridized carbons (Fsp3) is 0.222. The Bertz CT molecular complexity index is 803. The average Bonchev–Trinajstić information content (AvgIpc) is 2.61. The lowest BCUT2D eigenvalue weighted by atomic mass is 10.0. The van der Waals surface area contributed by atoms with E-state index in [-0.39, 0.29) is 17.9 Å².